The third-order valence-electron chi connectivity index (χ3n) is 4.87. The first-order valence-electron chi connectivity index (χ1n) is 9.11. The Hall–Kier alpha value is -2.29. The van der Waals surface area contributed by atoms with E-state index in [-0.39, 0.29) is 24.7 Å². The molecule has 0 amide bonds. The van der Waals surface area contributed by atoms with E-state index in [1.54, 1.807) is 16.9 Å². The predicted octanol–water partition coefficient (Wildman–Crippen LogP) is 4.33. The molecule has 1 aromatic carbocycles. The molecule has 2 N–H and O–H groups in total. The number of hydrogen-bond acceptors (Lipinski definition) is 5. The van der Waals surface area contributed by atoms with E-state index in [9.17, 15) is 13.6 Å². The van der Waals surface area contributed by atoms with Gasteiger partial charge < -0.3 is 10.5 Å². The van der Waals surface area contributed by atoms with E-state index in [4.69, 9.17) is 22.1 Å². The van der Waals surface area contributed by atoms with Crippen molar-refractivity contribution >= 4 is 28.7 Å². The number of ether oxygens (including phenoxy) is 1. The van der Waals surface area contributed by atoms with E-state index in [1.165, 1.54) is 17.4 Å². The quantitative estimate of drug-likeness (QED) is 0.583. The maximum absolute atomic E-state index is 13.4. The Kier molecular flexibility index (Phi) is 5.67. The molecule has 0 spiro atoms. The molecule has 4 rings (SSSR count). The Balaban J connectivity index is 1.53. The van der Waals surface area contributed by atoms with Crippen LogP contribution < -0.4 is 10.5 Å². The molecule has 1 aliphatic heterocycles. The monoisotopic (exact) mass is 437 g/mol. The van der Waals surface area contributed by atoms with Crippen molar-refractivity contribution in [1.82, 2.24) is 9.78 Å². The van der Waals surface area contributed by atoms with Crippen molar-refractivity contribution in [2.45, 2.75) is 19.4 Å². The van der Waals surface area contributed by atoms with Crippen LogP contribution in [0.3, 0.4) is 0 Å². The van der Waals surface area contributed by atoms with Crippen LogP contribution >= 0.6 is 22.9 Å². The van der Waals surface area contributed by atoms with E-state index in [0.717, 1.165) is 23.4 Å². The first-order valence-corrected chi connectivity index (χ1v) is 10.3. The molecular formula is C20H18ClF2N3O2S. The van der Waals surface area contributed by atoms with Crippen LogP contribution in [0.4, 0.5) is 8.78 Å². The number of aromatic nitrogens is 2. The molecule has 5 nitrogen and oxygen atoms in total. The van der Waals surface area contributed by atoms with Gasteiger partial charge in [0.05, 0.1) is 33.9 Å². The Morgan fingerprint density at radius 3 is 2.93 bits per heavy atom. The number of fused-ring (bicyclic) bond motifs is 3. The molecule has 0 bridgehead atoms. The van der Waals surface area contributed by atoms with Gasteiger partial charge in [-0.25, -0.2) is 8.78 Å². The highest BCUT2D eigenvalue weighted by atomic mass is 35.5. The summed E-state index contributed by atoms with van der Waals surface area (Å²) in [6.07, 6.45) is 2.17. The zero-order valence-corrected chi connectivity index (χ0v) is 16.9. The van der Waals surface area contributed by atoms with Crippen LogP contribution in [0.1, 0.15) is 21.7 Å². The minimum atomic E-state index is -0.905. The van der Waals surface area contributed by atoms with Crippen molar-refractivity contribution in [1.29, 1.82) is 0 Å². The lowest BCUT2D eigenvalue weighted by Crippen LogP contribution is -2.20. The van der Waals surface area contributed by atoms with Crippen molar-refractivity contribution in [3.8, 4) is 16.3 Å². The highest BCUT2D eigenvalue weighted by Crippen LogP contribution is 2.43. The Labute approximate surface area is 175 Å². The molecule has 0 saturated carbocycles. The molecule has 3 aromatic rings. The van der Waals surface area contributed by atoms with Crippen LogP contribution in [0.5, 0.6) is 5.06 Å². The summed E-state index contributed by atoms with van der Waals surface area (Å²) in [4.78, 5) is 13.4. The number of thiophene rings is 1. The second-order valence-electron chi connectivity index (χ2n) is 6.91. The number of hydrogen-bond donors (Lipinski definition) is 1. The molecule has 1 atom stereocenters. The van der Waals surface area contributed by atoms with Gasteiger partial charge in [-0.15, -0.1) is 0 Å². The van der Waals surface area contributed by atoms with Gasteiger partial charge in [0.15, 0.2) is 22.5 Å². The zero-order valence-electron chi connectivity index (χ0n) is 15.3. The van der Waals surface area contributed by atoms with Crippen LogP contribution in [0.2, 0.25) is 5.02 Å². The summed E-state index contributed by atoms with van der Waals surface area (Å²) in [6.45, 7) is 1.27. The number of benzene rings is 1. The summed E-state index contributed by atoms with van der Waals surface area (Å²) in [5, 5.41) is 5.39. The minimum absolute atomic E-state index is 0.0769. The van der Waals surface area contributed by atoms with Crippen LogP contribution in [-0.4, -0.2) is 28.7 Å². The molecule has 0 fully saturated rings. The van der Waals surface area contributed by atoms with E-state index in [0.29, 0.717) is 40.1 Å². The molecular weight excluding hydrogens is 420 g/mol. The molecule has 3 heterocycles. The highest BCUT2D eigenvalue weighted by Gasteiger charge is 2.25. The summed E-state index contributed by atoms with van der Waals surface area (Å²) >= 11 is 7.55. The van der Waals surface area contributed by atoms with Crippen LogP contribution in [0, 0.1) is 17.6 Å². The van der Waals surface area contributed by atoms with Gasteiger partial charge in [0.25, 0.3) is 0 Å². The minimum Gasteiger partial charge on any atom is -0.481 e. The number of ketones is 1. The molecule has 1 aliphatic rings. The fraction of sp³-hybridized carbons (Fsp3) is 0.300. The van der Waals surface area contributed by atoms with Gasteiger partial charge in [-0.05, 0) is 42.6 Å². The highest BCUT2D eigenvalue weighted by molar-refractivity contribution is 7.16. The molecule has 29 heavy (non-hydrogen) atoms. The van der Waals surface area contributed by atoms with Crippen LogP contribution in [0.15, 0.2) is 30.5 Å². The van der Waals surface area contributed by atoms with Gasteiger partial charge in [-0.3, -0.25) is 9.48 Å². The molecule has 2 aromatic heterocycles. The topological polar surface area (TPSA) is 70.1 Å². The molecule has 0 unspecified atom stereocenters. The fourth-order valence-corrected chi connectivity index (χ4v) is 4.63. The molecule has 152 valence electrons. The number of rotatable bonds is 6. The first-order chi connectivity index (χ1) is 14.0. The number of Topliss-reactive ketones (excluding diaryl/α,β-unsaturated/α-hetero) is 1. The second kappa shape index (κ2) is 8.22. The van der Waals surface area contributed by atoms with E-state index in [1.807, 2.05) is 0 Å². The fourth-order valence-electron chi connectivity index (χ4n) is 3.41. The lowest BCUT2D eigenvalue weighted by molar-refractivity contribution is 0.0966. The van der Waals surface area contributed by atoms with Gasteiger partial charge in [-0.2, -0.15) is 5.10 Å². The summed E-state index contributed by atoms with van der Waals surface area (Å²) in [7, 11) is 0. The van der Waals surface area contributed by atoms with Gasteiger partial charge in [0, 0.05) is 6.42 Å². The first kappa shape index (κ1) is 20.0. The number of carbonyl (C=O) groups is 1. The summed E-state index contributed by atoms with van der Waals surface area (Å²) in [5.41, 5.74) is 7.93. The van der Waals surface area contributed by atoms with E-state index < -0.39 is 11.6 Å². The van der Waals surface area contributed by atoms with Crippen molar-refractivity contribution in [2.24, 2.45) is 11.7 Å². The third kappa shape index (κ3) is 4.05. The third-order valence-corrected chi connectivity index (χ3v) is 6.24. The second-order valence-corrected chi connectivity index (χ2v) is 8.33. The van der Waals surface area contributed by atoms with Crippen molar-refractivity contribution in [3.05, 3.63) is 57.6 Å². The lowest BCUT2D eigenvalue weighted by atomic mass is 9.93. The van der Waals surface area contributed by atoms with Crippen LogP contribution in [0.25, 0.3) is 11.3 Å². The van der Waals surface area contributed by atoms with Gasteiger partial charge in [0.1, 0.15) is 6.61 Å². The normalized spacial score (nSPS) is 13.9. The molecule has 0 aliphatic carbocycles. The van der Waals surface area contributed by atoms with Gasteiger partial charge >= 0.3 is 0 Å². The summed E-state index contributed by atoms with van der Waals surface area (Å²) in [5.74, 6) is -2.07. The molecule has 0 radical (unpaired) electrons. The molecule has 0 saturated heterocycles. The summed E-state index contributed by atoms with van der Waals surface area (Å²) in [6, 6.07) is 5.52. The summed E-state index contributed by atoms with van der Waals surface area (Å²) < 4.78 is 34.1. The Morgan fingerprint density at radius 2 is 2.17 bits per heavy atom. The standard InChI is InChI=1S/C20H18ClF2N3O2S/c21-14-10-25-26-3-4-28-20-13(19(14)26)8-18(29-20)17(27)7-12(9-24)5-11-1-2-15(22)16(23)6-11/h1-2,6,8,10,12H,3-5,7,9,24H2/t12-/m1/s1. The average molecular weight is 438 g/mol. The smallest absolute Gasteiger partial charge is 0.184 e. The number of halogens is 3. The van der Waals surface area contributed by atoms with E-state index >= 15 is 0 Å². The number of nitrogens with zero attached hydrogens (tertiary/aromatic N) is 2. The van der Waals surface area contributed by atoms with Gasteiger partial charge in [-0.1, -0.05) is 29.0 Å². The van der Waals surface area contributed by atoms with Crippen molar-refractivity contribution in [2.75, 3.05) is 13.2 Å². The maximum Gasteiger partial charge on any atom is 0.184 e. The maximum atomic E-state index is 13.4. The average Bonchev–Trinajstić information content (AvgIpc) is 3.23. The Morgan fingerprint density at radius 1 is 1.34 bits per heavy atom. The van der Waals surface area contributed by atoms with Crippen molar-refractivity contribution in [3.63, 3.8) is 0 Å². The van der Waals surface area contributed by atoms with Gasteiger partial charge in [0.2, 0.25) is 0 Å². The number of nitrogens with two attached hydrogens (primary N) is 1. The lowest BCUT2D eigenvalue weighted by Gasteiger charge is -2.13. The largest absolute Gasteiger partial charge is 0.481 e. The SMILES string of the molecule is NC[C@@H](CC(=O)c1cc2c(s1)OCCn1ncc(Cl)c1-2)Cc1ccc(F)c(F)c1. The van der Waals surface area contributed by atoms with Crippen molar-refractivity contribution < 1.29 is 18.3 Å². The number of carbonyl (C=O) groups excluding carboxylic acids is 1. The Bertz CT molecular complexity index is 1070. The van der Waals surface area contributed by atoms with Crippen LogP contribution in [-0.2, 0) is 13.0 Å². The molecule has 9 heteroatoms. The predicted molar refractivity (Wildman–Crippen MR) is 108 cm³/mol. The van der Waals surface area contributed by atoms with E-state index in [2.05, 4.69) is 5.10 Å². The zero-order chi connectivity index (χ0) is 20.5.